The topological polar surface area (TPSA) is 32.6 Å². The van der Waals surface area contributed by atoms with Crippen LogP contribution < -0.4 is 0 Å². The van der Waals surface area contributed by atoms with Crippen molar-refractivity contribution in [1.82, 2.24) is 0 Å². The standard InChI is InChI=1S/C9H7F4NO/c1-5(14-15)6-3-2-4-7(8(6)10)9(11,12)13/h2-4,15H,1H3. The molecule has 0 aliphatic heterocycles. The number of rotatable bonds is 1. The molecular formula is C9H7F4NO. The Hall–Kier alpha value is -1.59. The van der Waals surface area contributed by atoms with Gasteiger partial charge in [0.1, 0.15) is 5.82 Å². The van der Waals surface area contributed by atoms with Crippen LogP contribution in [0.4, 0.5) is 17.6 Å². The molecule has 0 unspecified atom stereocenters. The van der Waals surface area contributed by atoms with E-state index < -0.39 is 17.6 Å². The summed E-state index contributed by atoms with van der Waals surface area (Å²) < 4.78 is 50.1. The van der Waals surface area contributed by atoms with Crippen molar-refractivity contribution in [3.8, 4) is 0 Å². The molecule has 15 heavy (non-hydrogen) atoms. The molecule has 6 heteroatoms. The minimum absolute atomic E-state index is 0.210. The Labute approximate surface area is 82.8 Å². The van der Waals surface area contributed by atoms with Gasteiger partial charge in [-0.05, 0) is 13.0 Å². The lowest BCUT2D eigenvalue weighted by Gasteiger charge is -2.10. The van der Waals surface area contributed by atoms with Gasteiger partial charge in [-0.3, -0.25) is 0 Å². The van der Waals surface area contributed by atoms with E-state index in [1.807, 2.05) is 0 Å². The van der Waals surface area contributed by atoms with Gasteiger partial charge >= 0.3 is 6.18 Å². The molecular weight excluding hydrogens is 214 g/mol. The molecule has 0 saturated carbocycles. The second-order valence-electron chi connectivity index (χ2n) is 2.85. The summed E-state index contributed by atoms with van der Waals surface area (Å²) in [6, 6.07) is 2.79. The van der Waals surface area contributed by atoms with Crippen molar-refractivity contribution in [2.24, 2.45) is 5.16 Å². The second-order valence-corrected chi connectivity index (χ2v) is 2.85. The molecule has 0 heterocycles. The minimum Gasteiger partial charge on any atom is -0.411 e. The number of alkyl halides is 3. The Bertz CT molecular complexity index is 398. The Balaban J connectivity index is 3.36. The summed E-state index contributed by atoms with van der Waals surface area (Å²) in [5.41, 5.74) is -1.95. The Morgan fingerprint density at radius 1 is 1.33 bits per heavy atom. The van der Waals surface area contributed by atoms with Gasteiger partial charge in [-0.1, -0.05) is 17.3 Å². The SMILES string of the molecule is CC(=NO)c1cccc(C(F)(F)F)c1F. The second kappa shape index (κ2) is 3.88. The van der Waals surface area contributed by atoms with Crippen LogP contribution in [0.1, 0.15) is 18.1 Å². The first kappa shape index (κ1) is 11.5. The van der Waals surface area contributed by atoms with Crippen LogP contribution in [0.5, 0.6) is 0 Å². The molecule has 0 atom stereocenters. The van der Waals surface area contributed by atoms with Crippen molar-refractivity contribution in [2.75, 3.05) is 0 Å². The summed E-state index contributed by atoms with van der Waals surface area (Å²) in [4.78, 5) is 0. The largest absolute Gasteiger partial charge is 0.419 e. The van der Waals surface area contributed by atoms with E-state index in [0.29, 0.717) is 6.07 Å². The predicted molar refractivity (Wildman–Crippen MR) is 45.4 cm³/mol. The van der Waals surface area contributed by atoms with Crippen molar-refractivity contribution in [3.63, 3.8) is 0 Å². The normalized spacial score (nSPS) is 13.0. The lowest BCUT2D eigenvalue weighted by Crippen LogP contribution is -2.11. The summed E-state index contributed by atoms with van der Waals surface area (Å²) in [6.45, 7) is 1.21. The molecule has 1 aromatic carbocycles. The number of hydrogen-bond donors (Lipinski definition) is 1. The molecule has 0 bridgehead atoms. The number of halogens is 4. The van der Waals surface area contributed by atoms with Crippen molar-refractivity contribution in [2.45, 2.75) is 13.1 Å². The fourth-order valence-corrected chi connectivity index (χ4v) is 1.08. The molecule has 0 radical (unpaired) electrons. The van der Waals surface area contributed by atoms with E-state index >= 15 is 0 Å². The van der Waals surface area contributed by atoms with Crippen molar-refractivity contribution in [3.05, 3.63) is 35.1 Å². The van der Waals surface area contributed by atoms with E-state index in [9.17, 15) is 17.6 Å². The fourth-order valence-electron chi connectivity index (χ4n) is 1.08. The molecule has 0 fully saturated rings. The van der Waals surface area contributed by atoms with Gasteiger partial charge in [0.25, 0.3) is 0 Å². The summed E-state index contributed by atoms with van der Waals surface area (Å²) in [6.07, 6.45) is -4.75. The minimum atomic E-state index is -4.75. The zero-order chi connectivity index (χ0) is 11.6. The van der Waals surface area contributed by atoms with Crippen LogP contribution in [0.25, 0.3) is 0 Å². The van der Waals surface area contributed by atoms with Crippen molar-refractivity contribution >= 4 is 5.71 Å². The van der Waals surface area contributed by atoms with Crippen LogP contribution in [0.2, 0.25) is 0 Å². The predicted octanol–water partition coefficient (Wildman–Crippen LogP) is 3.04. The van der Waals surface area contributed by atoms with E-state index in [1.54, 1.807) is 0 Å². The van der Waals surface area contributed by atoms with Gasteiger partial charge < -0.3 is 5.21 Å². The average molecular weight is 221 g/mol. The quantitative estimate of drug-likeness (QED) is 0.336. The third-order valence-corrected chi connectivity index (χ3v) is 1.84. The van der Waals surface area contributed by atoms with Crippen LogP contribution in [-0.2, 0) is 6.18 Å². The summed E-state index contributed by atoms with van der Waals surface area (Å²) >= 11 is 0. The number of oxime groups is 1. The summed E-state index contributed by atoms with van der Waals surface area (Å²) in [7, 11) is 0. The first-order valence-electron chi connectivity index (χ1n) is 3.92. The van der Waals surface area contributed by atoms with Gasteiger partial charge in [0.2, 0.25) is 0 Å². The summed E-state index contributed by atoms with van der Waals surface area (Å²) in [5.74, 6) is -1.43. The third-order valence-electron chi connectivity index (χ3n) is 1.84. The molecule has 2 nitrogen and oxygen atoms in total. The van der Waals surface area contributed by atoms with Gasteiger partial charge in [0.05, 0.1) is 11.3 Å². The number of benzene rings is 1. The van der Waals surface area contributed by atoms with Gasteiger partial charge in [-0.15, -0.1) is 0 Å². The zero-order valence-corrected chi connectivity index (χ0v) is 7.64. The molecule has 0 saturated heterocycles. The zero-order valence-electron chi connectivity index (χ0n) is 7.64. The van der Waals surface area contributed by atoms with Gasteiger partial charge in [0, 0.05) is 5.56 Å². The lowest BCUT2D eigenvalue weighted by atomic mass is 10.1. The molecule has 0 aliphatic rings. The van der Waals surface area contributed by atoms with Crippen LogP contribution in [0, 0.1) is 5.82 Å². The molecule has 82 valence electrons. The van der Waals surface area contributed by atoms with E-state index in [2.05, 4.69) is 5.16 Å². The highest BCUT2D eigenvalue weighted by Crippen LogP contribution is 2.32. The van der Waals surface area contributed by atoms with E-state index in [0.717, 1.165) is 12.1 Å². The first-order chi connectivity index (χ1) is 6.88. The fraction of sp³-hybridized carbons (Fsp3) is 0.222. The maximum Gasteiger partial charge on any atom is 0.419 e. The smallest absolute Gasteiger partial charge is 0.411 e. The third kappa shape index (κ3) is 2.26. The Morgan fingerprint density at radius 2 is 1.93 bits per heavy atom. The summed E-state index contributed by atoms with van der Waals surface area (Å²) in [5, 5.41) is 11.0. The van der Waals surface area contributed by atoms with Gasteiger partial charge in [-0.25, -0.2) is 4.39 Å². The van der Waals surface area contributed by atoms with Crippen molar-refractivity contribution < 1.29 is 22.8 Å². The van der Waals surface area contributed by atoms with E-state index in [1.165, 1.54) is 6.92 Å². The van der Waals surface area contributed by atoms with Crippen LogP contribution in [0.15, 0.2) is 23.4 Å². The molecule has 1 rings (SSSR count). The molecule has 0 aromatic heterocycles. The highest BCUT2D eigenvalue weighted by atomic mass is 19.4. The van der Waals surface area contributed by atoms with Crippen LogP contribution >= 0.6 is 0 Å². The van der Waals surface area contributed by atoms with E-state index in [4.69, 9.17) is 5.21 Å². The average Bonchev–Trinajstić information content (AvgIpc) is 2.15. The first-order valence-corrected chi connectivity index (χ1v) is 3.92. The van der Waals surface area contributed by atoms with Crippen LogP contribution in [0.3, 0.4) is 0 Å². The lowest BCUT2D eigenvalue weighted by molar-refractivity contribution is -0.140. The monoisotopic (exact) mass is 221 g/mol. The van der Waals surface area contributed by atoms with E-state index in [-0.39, 0.29) is 11.3 Å². The molecule has 0 spiro atoms. The Kier molecular flexibility index (Phi) is 2.97. The highest BCUT2D eigenvalue weighted by Gasteiger charge is 2.35. The maximum absolute atomic E-state index is 13.3. The van der Waals surface area contributed by atoms with Gasteiger partial charge in [0.15, 0.2) is 0 Å². The molecule has 1 N–H and O–H groups in total. The Morgan fingerprint density at radius 3 is 2.40 bits per heavy atom. The number of nitrogens with zero attached hydrogens (tertiary/aromatic N) is 1. The number of hydrogen-bond acceptors (Lipinski definition) is 2. The molecule has 0 aliphatic carbocycles. The highest BCUT2D eigenvalue weighted by molar-refractivity contribution is 5.98. The van der Waals surface area contributed by atoms with Gasteiger partial charge in [-0.2, -0.15) is 13.2 Å². The van der Waals surface area contributed by atoms with Crippen LogP contribution in [-0.4, -0.2) is 10.9 Å². The molecule has 1 aromatic rings. The molecule has 0 amide bonds. The van der Waals surface area contributed by atoms with Crippen molar-refractivity contribution in [1.29, 1.82) is 0 Å². The maximum atomic E-state index is 13.3.